The number of carbonyl (C=O) groups excluding carboxylic acids is 1. The van der Waals surface area contributed by atoms with Gasteiger partial charge >= 0.3 is 0 Å². The van der Waals surface area contributed by atoms with Crippen molar-refractivity contribution in [2.45, 2.75) is 6.10 Å². The molecule has 1 amide bonds. The fraction of sp³-hybridized carbons (Fsp3) is 0.615. The Bertz CT molecular complexity index is 451. The average Bonchev–Trinajstić information content (AvgIpc) is 2.56. The third-order valence-corrected chi connectivity index (χ3v) is 3.63. The van der Waals surface area contributed by atoms with E-state index in [2.05, 4.69) is 20.2 Å². The van der Waals surface area contributed by atoms with E-state index in [4.69, 9.17) is 4.74 Å². The highest BCUT2D eigenvalue weighted by Crippen LogP contribution is 2.11. The third-order valence-electron chi connectivity index (χ3n) is 3.63. The van der Waals surface area contributed by atoms with Gasteiger partial charge in [0.15, 0.2) is 0 Å². The number of rotatable bonds is 2. The first-order valence-corrected chi connectivity index (χ1v) is 6.97. The summed E-state index contributed by atoms with van der Waals surface area (Å²) in [5.74, 6) is 0.820. The Morgan fingerprint density at radius 3 is 2.45 bits per heavy atom. The van der Waals surface area contributed by atoms with Gasteiger partial charge in [-0.2, -0.15) is 0 Å². The molecule has 0 aromatic carbocycles. The van der Waals surface area contributed by atoms with Gasteiger partial charge in [-0.1, -0.05) is 0 Å². The number of nitrogens with one attached hydrogen (secondary N) is 1. The highest BCUT2D eigenvalue weighted by atomic mass is 35.5. The molecule has 0 aliphatic carbocycles. The van der Waals surface area contributed by atoms with E-state index in [-0.39, 0.29) is 36.8 Å². The summed E-state index contributed by atoms with van der Waals surface area (Å²) in [4.78, 5) is 24.8. The molecule has 0 saturated carbocycles. The lowest BCUT2D eigenvalue weighted by Gasteiger charge is -2.37. The molecule has 2 aliphatic rings. The molecule has 22 heavy (non-hydrogen) atoms. The summed E-state index contributed by atoms with van der Waals surface area (Å²) in [6.45, 7) is 4.94. The van der Waals surface area contributed by atoms with Crippen LogP contribution in [0.2, 0.25) is 0 Å². The van der Waals surface area contributed by atoms with Crippen LogP contribution in [0.5, 0.6) is 0 Å². The van der Waals surface area contributed by atoms with E-state index in [0.29, 0.717) is 26.2 Å². The number of nitrogens with zero attached hydrogens (tertiary/aromatic N) is 4. The normalized spacial score (nSPS) is 21.5. The quantitative estimate of drug-likeness (QED) is 0.807. The predicted molar refractivity (Wildman–Crippen MR) is 87.9 cm³/mol. The molecular formula is C13H21Cl2N5O2. The van der Waals surface area contributed by atoms with E-state index < -0.39 is 0 Å². The minimum absolute atomic E-state index is 0. The molecule has 0 spiro atoms. The van der Waals surface area contributed by atoms with Gasteiger partial charge < -0.3 is 19.9 Å². The molecule has 1 unspecified atom stereocenters. The van der Waals surface area contributed by atoms with Crippen molar-refractivity contribution < 1.29 is 9.53 Å². The molecule has 9 heteroatoms. The molecule has 124 valence electrons. The van der Waals surface area contributed by atoms with Crippen LogP contribution in [-0.4, -0.2) is 72.8 Å². The minimum atomic E-state index is -0.330. The van der Waals surface area contributed by atoms with Gasteiger partial charge in [0.25, 0.3) is 5.91 Å². The monoisotopic (exact) mass is 349 g/mol. The number of ether oxygens (including phenoxy) is 1. The molecule has 7 nitrogen and oxygen atoms in total. The average molecular weight is 350 g/mol. The van der Waals surface area contributed by atoms with Gasteiger partial charge in [-0.15, -0.1) is 24.8 Å². The topological polar surface area (TPSA) is 70.6 Å². The van der Waals surface area contributed by atoms with E-state index >= 15 is 0 Å². The SMILES string of the molecule is Cl.Cl.O=C(C1CNCCO1)N1CCN(c2ncccn2)CC1. The molecule has 1 aromatic heterocycles. The Morgan fingerprint density at radius 2 is 1.86 bits per heavy atom. The highest BCUT2D eigenvalue weighted by Gasteiger charge is 2.29. The van der Waals surface area contributed by atoms with Crippen molar-refractivity contribution in [2.75, 3.05) is 50.8 Å². The van der Waals surface area contributed by atoms with Gasteiger partial charge in [0.05, 0.1) is 6.61 Å². The van der Waals surface area contributed by atoms with E-state index in [1.54, 1.807) is 18.5 Å². The van der Waals surface area contributed by atoms with Gasteiger partial charge in [-0.05, 0) is 6.07 Å². The summed E-state index contributed by atoms with van der Waals surface area (Å²) < 4.78 is 5.51. The number of halogens is 2. The van der Waals surface area contributed by atoms with Crippen LogP contribution in [0.1, 0.15) is 0 Å². The third kappa shape index (κ3) is 4.42. The zero-order chi connectivity index (χ0) is 13.8. The standard InChI is InChI=1S/C13H19N5O2.2ClH/c19-12(11-10-14-4-9-20-11)17-5-7-18(8-6-17)13-15-2-1-3-16-13;;/h1-3,11,14H,4-10H2;2*1H. The smallest absolute Gasteiger partial charge is 0.253 e. The lowest BCUT2D eigenvalue weighted by atomic mass is 10.2. The second kappa shape index (κ2) is 9.09. The van der Waals surface area contributed by atoms with Crippen molar-refractivity contribution in [1.29, 1.82) is 0 Å². The van der Waals surface area contributed by atoms with Crippen molar-refractivity contribution in [3.8, 4) is 0 Å². The van der Waals surface area contributed by atoms with Crippen LogP contribution in [0.15, 0.2) is 18.5 Å². The lowest BCUT2D eigenvalue weighted by molar-refractivity contribution is -0.145. The largest absolute Gasteiger partial charge is 0.366 e. The summed E-state index contributed by atoms with van der Waals surface area (Å²) in [6.07, 6.45) is 3.14. The molecule has 1 aromatic rings. The first kappa shape index (κ1) is 18.9. The molecule has 3 heterocycles. The van der Waals surface area contributed by atoms with Crippen LogP contribution in [0.25, 0.3) is 0 Å². The Kier molecular flexibility index (Phi) is 7.81. The number of aromatic nitrogens is 2. The molecule has 2 saturated heterocycles. The zero-order valence-corrected chi connectivity index (χ0v) is 13.8. The number of hydrogen-bond donors (Lipinski definition) is 1. The number of anilines is 1. The number of piperazine rings is 1. The summed E-state index contributed by atoms with van der Waals surface area (Å²) in [6, 6.07) is 1.80. The minimum Gasteiger partial charge on any atom is -0.366 e. The summed E-state index contributed by atoms with van der Waals surface area (Å²) in [5.41, 5.74) is 0. The van der Waals surface area contributed by atoms with E-state index in [1.165, 1.54) is 0 Å². The Morgan fingerprint density at radius 1 is 1.18 bits per heavy atom. The molecule has 0 radical (unpaired) electrons. The Balaban J connectivity index is 0.00000121. The Hall–Kier alpha value is -1.15. The van der Waals surface area contributed by atoms with Crippen molar-refractivity contribution in [2.24, 2.45) is 0 Å². The molecular weight excluding hydrogens is 329 g/mol. The number of amides is 1. The molecule has 1 atom stereocenters. The van der Waals surface area contributed by atoms with E-state index in [9.17, 15) is 4.79 Å². The maximum absolute atomic E-state index is 12.3. The molecule has 3 rings (SSSR count). The second-order valence-electron chi connectivity index (χ2n) is 4.92. The summed E-state index contributed by atoms with van der Waals surface area (Å²) in [7, 11) is 0. The number of hydrogen-bond acceptors (Lipinski definition) is 6. The summed E-state index contributed by atoms with van der Waals surface area (Å²) in [5, 5.41) is 3.19. The second-order valence-corrected chi connectivity index (χ2v) is 4.92. The van der Waals surface area contributed by atoms with Gasteiger partial charge in [0.1, 0.15) is 6.10 Å². The maximum atomic E-state index is 12.3. The van der Waals surface area contributed by atoms with Crippen LogP contribution < -0.4 is 10.2 Å². The Labute approximate surface area is 142 Å². The predicted octanol–water partition coefficient (Wildman–Crippen LogP) is -0.0428. The van der Waals surface area contributed by atoms with Crippen molar-refractivity contribution in [1.82, 2.24) is 20.2 Å². The van der Waals surface area contributed by atoms with Crippen molar-refractivity contribution >= 4 is 36.7 Å². The van der Waals surface area contributed by atoms with Gasteiger partial charge in [-0.25, -0.2) is 9.97 Å². The van der Waals surface area contributed by atoms with E-state index in [1.807, 2.05) is 4.90 Å². The maximum Gasteiger partial charge on any atom is 0.253 e. The van der Waals surface area contributed by atoms with Crippen LogP contribution in [0.4, 0.5) is 5.95 Å². The van der Waals surface area contributed by atoms with Gasteiger partial charge in [0.2, 0.25) is 5.95 Å². The lowest BCUT2D eigenvalue weighted by Crippen LogP contribution is -2.55. The first-order valence-electron chi connectivity index (χ1n) is 6.97. The number of morpholine rings is 1. The molecule has 1 N–H and O–H groups in total. The molecule has 2 aliphatic heterocycles. The zero-order valence-electron chi connectivity index (χ0n) is 12.2. The van der Waals surface area contributed by atoms with Crippen LogP contribution in [0.3, 0.4) is 0 Å². The van der Waals surface area contributed by atoms with Crippen molar-refractivity contribution in [3.63, 3.8) is 0 Å². The molecule has 0 bridgehead atoms. The van der Waals surface area contributed by atoms with Crippen LogP contribution in [-0.2, 0) is 9.53 Å². The number of carbonyl (C=O) groups is 1. The first-order chi connectivity index (χ1) is 9.84. The van der Waals surface area contributed by atoms with Crippen molar-refractivity contribution in [3.05, 3.63) is 18.5 Å². The highest BCUT2D eigenvalue weighted by molar-refractivity contribution is 5.85. The molecule has 2 fully saturated rings. The van der Waals surface area contributed by atoms with E-state index in [0.717, 1.165) is 25.6 Å². The summed E-state index contributed by atoms with van der Waals surface area (Å²) >= 11 is 0. The van der Waals surface area contributed by atoms with Crippen LogP contribution in [0, 0.1) is 0 Å². The fourth-order valence-corrected chi connectivity index (χ4v) is 2.51. The fourth-order valence-electron chi connectivity index (χ4n) is 2.51. The van der Waals surface area contributed by atoms with Gasteiger partial charge in [0, 0.05) is 51.7 Å². The van der Waals surface area contributed by atoms with Crippen LogP contribution >= 0.6 is 24.8 Å². The van der Waals surface area contributed by atoms with Gasteiger partial charge in [-0.3, -0.25) is 4.79 Å².